The van der Waals surface area contributed by atoms with Crippen molar-refractivity contribution in [2.24, 2.45) is 0 Å². The molecule has 1 aromatic carbocycles. The number of carbonyl (C=O) groups is 1. The van der Waals surface area contributed by atoms with Crippen molar-refractivity contribution >= 4 is 11.6 Å². The van der Waals surface area contributed by atoms with Crippen LogP contribution in [-0.4, -0.2) is 31.9 Å². The van der Waals surface area contributed by atoms with Crippen LogP contribution in [0.25, 0.3) is 0 Å². The van der Waals surface area contributed by atoms with Crippen LogP contribution in [0.15, 0.2) is 24.3 Å². The predicted molar refractivity (Wildman–Crippen MR) is 71.9 cm³/mol. The first-order valence-corrected chi connectivity index (χ1v) is 6.51. The van der Waals surface area contributed by atoms with Crippen LogP contribution in [0.4, 0.5) is 18.9 Å². The third-order valence-corrected chi connectivity index (χ3v) is 2.42. The average Bonchev–Trinajstić information content (AvgIpc) is 2.41. The van der Waals surface area contributed by atoms with Crippen molar-refractivity contribution in [1.29, 1.82) is 0 Å². The number of hydrogen-bond donors (Lipinski definition) is 1. The SMILES string of the molecule is CCOCc1cccc(NC(=O)CCOCC(F)(F)F)c1. The number of hydrogen-bond acceptors (Lipinski definition) is 3. The summed E-state index contributed by atoms with van der Waals surface area (Å²) in [7, 11) is 0. The molecule has 0 aliphatic rings. The Bertz CT molecular complexity index is 449. The van der Waals surface area contributed by atoms with Crippen LogP contribution < -0.4 is 5.32 Å². The van der Waals surface area contributed by atoms with Crippen LogP contribution in [0, 0.1) is 0 Å². The highest BCUT2D eigenvalue weighted by Crippen LogP contribution is 2.15. The number of rotatable bonds is 8. The van der Waals surface area contributed by atoms with Crippen molar-refractivity contribution in [2.75, 3.05) is 25.1 Å². The summed E-state index contributed by atoms with van der Waals surface area (Å²) in [5.41, 5.74) is 1.48. The monoisotopic (exact) mass is 305 g/mol. The molecule has 0 aliphatic heterocycles. The van der Waals surface area contributed by atoms with Crippen molar-refractivity contribution in [3.63, 3.8) is 0 Å². The quantitative estimate of drug-likeness (QED) is 0.751. The Balaban J connectivity index is 2.34. The number of amides is 1. The largest absolute Gasteiger partial charge is 0.411 e. The summed E-state index contributed by atoms with van der Waals surface area (Å²) < 4.78 is 45.1. The molecule has 0 spiro atoms. The zero-order chi connectivity index (χ0) is 15.7. The molecule has 0 aliphatic carbocycles. The number of ether oxygens (including phenoxy) is 2. The molecule has 0 radical (unpaired) electrons. The van der Waals surface area contributed by atoms with E-state index in [0.717, 1.165) is 5.56 Å². The van der Waals surface area contributed by atoms with E-state index in [1.165, 1.54) is 0 Å². The normalized spacial score (nSPS) is 11.4. The van der Waals surface area contributed by atoms with E-state index in [1.807, 2.05) is 13.0 Å². The first kappa shape index (κ1) is 17.5. The second-order valence-electron chi connectivity index (χ2n) is 4.30. The molecular formula is C14H18F3NO3. The fourth-order valence-electron chi connectivity index (χ4n) is 1.54. The predicted octanol–water partition coefficient (Wildman–Crippen LogP) is 3.13. The van der Waals surface area contributed by atoms with E-state index in [1.54, 1.807) is 18.2 Å². The number of anilines is 1. The van der Waals surface area contributed by atoms with E-state index < -0.39 is 18.7 Å². The molecule has 0 saturated heterocycles. The minimum Gasteiger partial charge on any atom is -0.377 e. The molecule has 0 aromatic heterocycles. The molecule has 1 rings (SSSR count). The number of nitrogens with one attached hydrogen (secondary N) is 1. The van der Waals surface area contributed by atoms with Crippen molar-refractivity contribution in [3.8, 4) is 0 Å². The van der Waals surface area contributed by atoms with Gasteiger partial charge in [0, 0.05) is 12.3 Å². The molecule has 0 atom stereocenters. The minimum atomic E-state index is -4.37. The van der Waals surface area contributed by atoms with Gasteiger partial charge >= 0.3 is 6.18 Å². The van der Waals surface area contributed by atoms with Gasteiger partial charge in [-0.15, -0.1) is 0 Å². The Hall–Kier alpha value is -1.60. The molecule has 4 nitrogen and oxygen atoms in total. The van der Waals surface area contributed by atoms with E-state index in [9.17, 15) is 18.0 Å². The second kappa shape index (κ2) is 8.63. The summed E-state index contributed by atoms with van der Waals surface area (Å²) in [5, 5.41) is 2.60. The lowest BCUT2D eigenvalue weighted by atomic mass is 10.2. The highest BCUT2D eigenvalue weighted by atomic mass is 19.4. The third kappa shape index (κ3) is 8.31. The van der Waals surface area contributed by atoms with Gasteiger partial charge in [0.05, 0.1) is 19.6 Å². The smallest absolute Gasteiger partial charge is 0.377 e. The molecule has 7 heteroatoms. The van der Waals surface area contributed by atoms with E-state index in [-0.39, 0.29) is 13.0 Å². The average molecular weight is 305 g/mol. The van der Waals surface area contributed by atoms with Crippen molar-refractivity contribution in [2.45, 2.75) is 26.1 Å². The van der Waals surface area contributed by atoms with Gasteiger partial charge in [0.1, 0.15) is 6.61 Å². The Morgan fingerprint density at radius 1 is 1.29 bits per heavy atom. The second-order valence-corrected chi connectivity index (χ2v) is 4.30. The van der Waals surface area contributed by atoms with Crippen molar-refractivity contribution in [3.05, 3.63) is 29.8 Å². The third-order valence-electron chi connectivity index (χ3n) is 2.42. The molecule has 0 saturated carbocycles. The van der Waals surface area contributed by atoms with Gasteiger partial charge < -0.3 is 14.8 Å². The molecular weight excluding hydrogens is 287 g/mol. The first-order valence-electron chi connectivity index (χ1n) is 6.51. The van der Waals surface area contributed by atoms with Crippen molar-refractivity contribution in [1.82, 2.24) is 0 Å². The molecule has 21 heavy (non-hydrogen) atoms. The van der Waals surface area contributed by atoms with Crippen molar-refractivity contribution < 1.29 is 27.4 Å². The van der Waals surface area contributed by atoms with Gasteiger partial charge in [-0.2, -0.15) is 13.2 Å². The lowest BCUT2D eigenvalue weighted by Crippen LogP contribution is -2.20. The van der Waals surface area contributed by atoms with Crippen LogP contribution in [0.2, 0.25) is 0 Å². The highest BCUT2D eigenvalue weighted by Gasteiger charge is 2.27. The Labute approximate surface area is 121 Å². The Morgan fingerprint density at radius 2 is 2.05 bits per heavy atom. The molecule has 0 bridgehead atoms. The lowest BCUT2D eigenvalue weighted by molar-refractivity contribution is -0.174. The Kier molecular flexibility index (Phi) is 7.18. The fraction of sp³-hybridized carbons (Fsp3) is 0.500. The lowest BCUT2D eigenvalue weighted by Gasteiger charge is -2.09. The molecule has 0 heterocycles. The Morgan fingerprint density at radius 3 is 2.71 bits per heavy atom. The summed E-state index contributed by atoms with van der Waals surface area (Å²) in [6.07, 6.45) is -4.50. The first-order chi connectivity index (χ1) is 9.90. The summed E-state index contributed by atoms with van der Waals surface area (Å²) in [4.78, 5) is 11.6. The van der Waals surface area contributed by atoms with Crippen LogP contribution in [-0.2, 0) is 20.9 Å². The summed E-state index contributed by atoms with van der Waals surface area (Å²) in [6.45, 7) is 1.29. The van der Waals surface area contributed by atoms with E-state index >= 15 is 0 Å². The van der Waals surface area contributed by atoms with Gasteiger partial charge in [-0.1, -0.05) is 12.1 Å². The van der Waals surface area contributed by atoms with Crippen LogP contribution in [0.5, 0.6) is 0 Å². The summed E-state index contributed by atoms with van der Waals surface area (Å²) in [6, 6.07) is 7.08. The van der Waals surface area contributed by atoms with Gasteiger partial charge in [-0.05, 0) is 24.6 Å². The molecule has 0 unspecified atom stereocenters. The van der Waals surface area contributed by atoms with Gasteiger partial charge in [0.2, 0.25) is 5.91 Å². The maximum atomic E-state index is 11.8. The number of carbonyl (C=O) groups excluding carboxylic acids is 1. The molecule has 1 amide bonds. The molecule has 0 fully saturated rings. The molecule has 1 N–H and O–H groups in total. The van der Waals surface area contributed by atoms with E-state index in [2.05, 4.69) is 10.1 Å². The fourth-order valence-corrected chi connectivity index (χ4v) is 1.54. The van der Waals surface area contributed by atoms with E-state index in [0.29, 0.717) is 18.9 Å². The summed E-state index contributed by atoms with van der Waals surface area (Å²) in [5.74, 6) is -0.397. The highest BCUT2D eigenvalue weighted by molar-refractivity contribution is 5.90. The van der Waals surface area contributed by atoms with Gasteiger partial charge in [-0.3, -0.25) is 4.79 Å². The van der Waals surface area contributed by atoms with Crippen LogP contribution in [0.3, 0.4) is 0 Å². The maximum Gasteiger partial charge on any atom is 0.411 e. The van der Waals surface area contributed by atoms with Gasteiger partial charge in [-0.25, -0.2) is 0 Å². The zero-order valence-electron chi connectivity index (χ0n) is 11.7. The number of halogens is 3. The molecule has 1 aromatic rings. The minimum absolute atomic E-state index is 0.133. The number of alkyl halides is 3. The van der Waals surface area contributed by atoms with Crippen LogP contribution in [0.1, 0.15) is 18.9 Å². The topological polar surface area (TPSA) is 47.6 Å². The van der Waals surface area contributed by atoms with E-state index in [4.69, 9.17) is 4.74 Å². The molecule has 118 valence electrons. The standard InChI is InChI=1S/C14H18F3NO3/c1-2-20-9-11-4-3-5-12(8-11)18-13(19)6-7-21-10-14(15,16)17/h3-5,8H,2,6-7,9-10H2,1H3,(H,18,19). The van der Waals surface area contributed by atoms with Crippen LogP contribution >= 0.6 is 0 Å². The summed E-state index contributed by atoms with van der Waals surface area (Å²) >= 11 is 0. The van der Waals surface area contributed by atoms with Gasteiger partial charge in [0.25, 0.3) is 0 Å². The van der Waals surface area contributed by atoms with Gasteiger partial charge in [0.15, 0.2) is 0 Å². The maximum absolute atomic E-state index is 11.8. The number of benzene rings is 1. The zero-order valence-corrected chi connectivity index (χ0v) is 11.7.